The third-order valence-corrected chi connectivity index (χ3v) is 5.90. The van der Waals surface area contributed by atoms with Crippen molar-refractivity contribution in [1.82, 2.24) is 21.3 Å². The summed E-state index contributed by atoms with van der Waals surface area (Å²) >= 11 is 1.48. The van der Waals surface area contributed by atoms with E-state index in [2.05, 4.69) is 21.3 Å². The molecule has 0 saturated carbocycles. The Labute approximate surface area is 189 Å². The number of hydrogen-bond acceptors (Lipinski definition) is 9. The molecule has 1 heterocycles. The molecule has 0 bridgehead atoms. The van der Waals surface area contributed by atoms with Crippen molar-refractivity contribution in [1.29, 1.82) is 0 Å². The van der Waals surface area contributed by atoms with Gasteiger partial charge in [0.05, 0.1) is 38.1 Å². The van der Waals surface area contributed by atoms with Crippen LogP contribution in [-0.2, 0) is 19.2 Å². The van der Waals surface area contributed by atoms with Crippen LogP contribution in [0.15, 0.2) is 0 Å². The molecule has 31 heavy (non-hydrogen) atoms. The van der Waals surface area contributed by atoms with Crippen LogP contribution < -0.4 is 27.0 Å². The number of hydrogen-bond donors (Lipinski definition) is 5. The van der Waals surface area contributed by atoms with Crippen molar-refractivity contribution in [2.45, 2.75) is 51.0 Å². The quantitative estimate of drug-likeness (QED) is 0.207. The highest BCUT2D eigenvalue weighted by Gasteiger charge is 2.22. The van der Waals surface area contributed by atoms with Gasteiger partial charge in [0.15, 0.2) is 5.78 Å². The predicted octanol–water partition coefficient (Wildman–Crippen LogP) is -0.413. The van der Waals surface area contributed by atoms with Gasteiger partial charge in [-0.3, -0.25) is 24.5 Å². The van der Waals surface area contributed by atoms with Gasteiger partial charge in [-0.15, -0.1) is 0 Å². The third kappa shape index (κ3) is 13.0. The van der Waals surface area contributed by atoms with Gasteiger partial charge in [0.25, 0.3) is 0 Å². The van der Waals surface area contributed by atoms with Gasteiger partial charge in [0.2, 0.25) is 5.91 Å². The first-order valence-corrected chi connectivity index (χ1v) is 12.5. The largest absolute Gasteiger partial charge is 0.343 e. The van der Waals surface area contributed by atoms with Gasteiger partial charge in [-0.05, 0) is 51.4 Å². The van der Waals surface area contributed by atoms with E-state index >= 15 is 0 Å². The van der Waals surface area contributed by atoms with Gasteiger partial charge in [0, 0.05) is 12.3 Å². The second-order valence-corrected chi connectivity index (χ2v) is 8.74. The predicted molar refractivity (Wildman–Crippen MR) is 124 cm³/mol. The first-order valence-electron chi connectivity index (χ1n) is 11.2. The van der Waals surface area contributed by atoms with E-state index in [9.17, 15) is 19.2 Å². The first-order chi connectivity index (χ1) is 15.0. The Hall–Kier alpha value is -1.33. The van der Waals surface area contributed by atoms with Gasteiger partial charge in [0.1, 0.15) is 11.6 Å². The minimum absolute atomic E-state index is 0.0134. The van der Waals surface area contributed by atoms with Crippen molar-refractivity contribution in [3.8, 4) is 0 Å². The molecule has 1 fully saturated rings. The molecular weight excluding hydrogens is 418 g/mol. The number of Topliss-reactive ketones (excluding diaryl/α,β-unsaturated/α-hetero) is 3. The van der Waals surface area contributed by atoms with Crippen LogP contribution in [-0.4, -0.2) is 80.7 Å². The van der Waals surface area contributed by atoms with Crippen LogP contribution in [0.25, 0.3) is 0 Å². The van der Waals surface area contributed by atoms with Crippen molar-refractivity contribution >= 4 is 35.0 Å². The van der Waals surface area contributed by atoms with E-state index in [4.69, 9.17) is 5.73 Å². The Morgan fingerprint density at radius 3 is 2.74 bits per heavy atom. The zero-order valence-electron chi connectivity index (χ0n) is 18.7. The molecule has 0 spiro atoms. The van der Waals surface area contributed by atoms with Crippen molar-refractivity contribution in [3.05, 3.63) is 0 Å². The summed E-state index contributed by atoms with van der Waals surface area (Å²) in [6.07, 6.45) is 6.63. The van der Waals surface area contributed by atoms with Crippen LogP contribution in [0.3, 0.4) is 0 Å². The fraction of sp³-hybridized carbons (Fsp3) is 0.810. The normalized spacial score (nSPS) is 21.6. The summed E-state index contributed by atoms with van der Waals surface area (Å²) in [5.74, 6) is 0.443. The zero-order valence-corrected chi connectivity index (χ0v) is 19.5. The highest BCUT2D eigenvalue weighted by molar-refractivity contribution is 7.99. The Balaban J connectivity index is 2.45. The molecule has 1 saturated heterocycles. The van der Waals surface area contributed by atoms with Crippen LogP contribution >= 0.6 is 11.8 Å². The van der Waals surface area contributed by atoms with E-state index in [1.807, 2.05) is 6.26 Å². The number of rotatable bonds is 11. The van der Waals surface area contributed by atoms with E-state index in [0.29, 0.717) is 51.2 Å². The van der Waals surface area contributed by atoms with Crippen LogP contribution in [0.5, 0.6) is 0 Å². The molecule has 0 aliphatic carbocycles. The standard InChI is InChI=1S/C21H39N5O4S/c1-31-14-21(30)26-15-24-9-3-2-5-16-8-10-23-12-17(27)6-4-7-18(19(28)11-22)25-13-20(16)29/h16,18,23-25H,2-15,22H2,1H3,(H,26,30)/t16-,18+/m1/s1. The van der Waals surface area contributed by atoms with E-state index in [1.54, 1.807) is 0 Å². The number of ketones is 3. The molecule has 178 valence electrons. The summed E-state index contributed by atoms with van der Waals surface area (Å²) in [6, 6.07) is -0.471. The second-order valence-electron chi connectivity index (χ2n) is 7.87. The number of carbonyl (C=O) groups is 4. The van der Waals surface area contributed by atoms with Crippen molar-refractivity contribution in [2.24, 2.45) is 11.7 Å². The average Bonchev–Trinajstić information content (AvgIpc) is 2.76. The summed E-state index contributed by atoms with van der Waals surface area (Å²) < 4.78 is 0. The van der Waals surface area contributed by atoms with Crippen molar-refractivity contribution in [2.75, 3.05) is 51.4 Å². The van der Waals surface area contributed by atoms with Crippen molar-refractivity contribution in [3.63, 3.8) is 0 Å². The summed E-state index contributed by atoms with van der Waals surface area (Å²) in [5.41, 5.74) is 5.50. The number of amides is 1. The molecule has 9 nitrogen and oxygen atoms in total. The molecule has 0 unspecified atom stereocenters. The van der Waals surface area contributed by atoms with Crippen LogP contribution in [0, 0.1) is 5.92 Å². The lowest BCUT2D eigenvalue weighted by Crippen LogP contribution is -2.43. The highest BCUT2D eigenvalue weighted by atomic mass is 32.2. The molecule has 0 aromatic carbocycles. The third-order valence-electron chi connectivity index (χ3n) is 5.35. The minimum atomic E-state index is -0.471. The zero-order chi connectivity index (χ0) is 22.9. The van der Waals surface area contributed by atoms with Gasteiger partial charge in [-0.1, -0.05) is 6.42 Å². The lowest BCUT2D eigenvalue weighted by Gasteiger charge is -2.19. The van der Waals surface area contributed by atoms with Gasteiger partial charge in [-0.2, -0.15) is 11.8 Å². The molecule has 0 radical (unpaired) electrons. The molecule has 0 aromatic heterocycles. The summed E-state index contributed by atoms with van der Waals surface area (Å²) in [6.45, 7) is 2.20. The van der Waals surface area contributed by atoms with E-state index < -0.39 is 6.04 Å². The van der Waals surface area contributed by atoms with Gasteiger partial charge < -0.3 is 21.7 Å². The number of thioether (sulfide) groups is 1. The topological polar surface area (TPSA) is 142 Å². The SMILES string of the molecule is CSCC(=O)NCNCCCC[C@@H]1CCNCC(=O)CCC[C@@H](C(=O)CN)NCC1=O. The summed E-state index contributed by atoms with van der Waals surface area (Å²) in [4.78, 5) is 48.2. The molecule has 10 heteroatoms. The smallest absolute Gasteiger partial charge is 0.230 e. The van der Waals surface area contributed by atoms with Crippen LogP contribution in [0.2, 0.25) is 0 Å². The average molecular weight is 458 g/mol. The molecule has 1 amide bonds. The number of unbranched alkanes of at least 4 members (excludes halogenated alkanes) is 1. The van der Waals surface area contributed by atoms with Gasteiger partial charge >= 0.3 is 0 Å². The minimum Gasteiger partial charge on any atom is -0.343 e. The molecule has 0 aromatic rings. The Morgan fingerprint density at radius 1 is 1.19 bits per heavy atom. The molecule has 2 atom stereocenters. The maximum atomic E-state index is 12.8. The molecule has 1 aliphatic heterocycles. The maximum absolute atomic E-state index is 12.8. The monoisotopic (exact) mass is 457 g/mol. The molecule has 6 N–H and O–H groups in total. The fourth-order valence-corrected chi connectivity index (χ4v) is 3.89. The lowest BCUT2D eigenvalue weighted by molar-refractivity contribution is -0.123. The maximum Gasteiger partial charge on any atom is 0.230 e. The molecular formula is C21H39N5O4S. The fourth-order valence-electron chi connectivity index (χ4n) is 3.52. The van der Waals surface area contributed by atoms with E-state index in [-0.39, 0.29) is 42.3 Å². The highest BCUT2D eigenvalue weighted by Crippen LogP contribution is 2.14. The number of nitrogens with two attached hydrogens (primary N) is 1. The van der Waals surface area contributed by atoms with E-state index in [1.165, 1.54) is 11.8 Å². The summed E-state index contributed by atoms with van der Waals surface area (Å²) in [7, 11) is 0. The number of carbonyl (C=O) groups excluding carboxylic acids is 4. The van der Waals surface area contributed by atoms with E-state index in [0.717, 1.165) is 25.8 Å². The van der Waals surface area contributed by atoms with Crippen LogP contribution in [0.4, 0.5) is 0 Å². The Bertz CT molecular complexity index is 576. The van der Waals surface area contributed by atoms with Crippen molar-refractivity contribution < 1.29 is 19.2 Å². The number of nitrogens with one attached hydrogen (secondary N) is 4. The molecule has 1 aliphatic rings. The van der Waals surface area contributed by atoms with Gasteiger partial charge in [-0.25, -0.2) is 0 Å². The first kappa shape index (κ1) is 27.7. The summed E-state index contributed by atoms with van der Waals surface area (Å²) in [5, 5.41) is 12.2. The molecule has 1 rings (SSSR count). The Morgan fingerprint density at radius 2 is 2.00 bits per heavy atom. The lowest BCUT2D eigenvalue weighted by atomic mass is 9.93. The second kappa shape index (κ2) is 17.3. The van der Waals surface area contributed by atoms with Crippen LogP contribution in [0.1, 0.15) is 44.9 Å². The Kier molecular flexibility index (Phi) is 15.4.